The van der Waals surface area contributed by atoms with Crippen LogP contribution in [0.1, 0.15) is 49.5 Å². The standard InChI is InChI=1S/C21H28N4O/c1-16-14-22-20(18-6-5-7-18)25(16)15-17-10-12-24(13-11-17)21(26)23-19-8-3-2-4-9-19/h2-4,8-9,14,17-18H,5-7,10-13,15H2,1H3,(H,23,26). The van der Waals surface area contributed by atoms with Crippen molar-refractivity contribution >= 4 is 11.7 Å². The molecule has 2 heterocycles. The van der Waals surface area contributed by atoms with Gasteiger partial charge < -0.3 is 14.8 Å². The van der Waals surface area contributed by atoms with Crippen LogP contribution < -0.4 is 5.32 Å². The van der Waals surface area contributed by atoms with E-state index in [-0.39, 0.29) is 6.03 Å². The molecule has 2 aromatic rings. The Morgan fingerprint density at radius 3 is 2.54 bits per heavy atom. The normalized spacial score (nSPS) is 18.6. The van der Waals surface area contributed by atoms with E-state index in [9.17, 15) is 4.79 Å². The first-order valence-electron chi connectivity index (χ1n) is 9.83. The molecule has 0 spiro atoms. The van der Waals surface area contributed by atoms with E-state index in [1.165, 1.54) is 30.8 Å². The number of aromatic nitrogens is 2. The number of likely N-dealkylation sites (tertiary alicyclic amines) is 1. The third kappa shape index (κ3) is 3.62. The van der Waals surface area contributed by atoms with Crippen LogP contribution in [0.25, 0.3) is 0 Å². The van der Waals surface area contributed by atoms with Crippen molar-refractivity contribution in [3.63, 3.8) is 0 Å². The van der Waals surface area contributed by atoms with Crippen LogP contribution in [-0.4, -0.2) is 33.6 Å². The Balaban J connectivity index is 1.31. The summed E-state index contributed by atoms with van der Waals surface area (Å²) in [4.78, 5) is 19.1. The molecule has 0 unspecified atom stereocenters. The second kappa shape index (κ2) is 7.52. The predicted molar refractivity (Wildman–Crippen MR) is 103 cm³/mol. The summed E-state index contributed by atoms with van der Waals surface area (Å²) in [5.74, 6) is 2.58. The summed E-state index contributed by atoms with van der Waals surface area (Å²) >= 11 is 0. The largest absolute Gasteiger partial charge is 0.332 e. The number of carbonyl (C=O) groups excluding carboxylic acids is 1. The van der Waals surface area contributed by atoms with Crippen molar-refractivity contribution in [2.24, 2.45) is 5.92 Å². The van der Waals surface area contributed by atoms with Gasteiger partial charge in [-0.3, -0.25) is 0 Å². The molecule has 26 heavy (non-hydrogen) atoms. The highest BCUT2D eigenvalue weighted by Gasteiger charge is 2.28. The maximum absolute atomic E-state index is 12.4. The lowest BCUT2D eigenvalue weighted by atomic mass is 9.84. The van der Waals surface area contributed by atoms with Crippen LogP contribution in [0.15, 0.2) is 36.5 Å². The van der Waals surface area contributed by atoms with Gasteiger partial charge in [0.2, 0.25) is 0 Å². The Morgan fingerprint density at radius 1 is 1.15 bits per heavy atom. The number of anilines is 1. The van der Waals surface area contributed by atoms with Gasteiger partial charge in [0.05, 0.1) is 0 Å². The zero-order valence-electron chi connectivity index (χ0n) is 15.5. The van der Waals surface area contributed by atoms with E-state index in [0.717, 1.165) is 38.2 Å². The number of aryl methyl sites for hydroxylation is 1. The number of piperidine rings is 1. The molecule has 0 radical (unpaired) electrons. The zero-order chi connectivity index (χ0) is 17.9. The summed E-state index contributed by atoms with van der Waals surface area (Å²) in [6.45, 7) is 4.87. The Hall–Kier alpha value is -2.30. The monoisotopic (exact) mass is 352 g/mol. The van der Waals surface area contributed by atoms with E-state index in [1.807, 2.05) is 41.4 Å². The van der Waals surface area contributed by atoms with Gasteiger partial charge in [-0.05, 0) is 50.7 Å². The third-order valence-electron chi connectivity index (χ3n) is 5.92. The molecule has 1 saturated carbocycles. The van der Waals surface area contributed by atoms with Crippen molar-refractivity contribution in [2.45, 2.75) is 51.5 Å². The zero-order valence-corrected chi connectivity index (χ0v) is 15.5. The van der Waals surface area contributed by atoms with Crippen LogP contribution in [0, 0.1) is 12.8 Å². The molecule has 1 aromatic heterocycles. The molecule has 1 N–H and O–H groups in total. The van der Waals surface area contributed by atoms with Gasteiger partial charge in [-0.15, -0.1) is 0 Å². The van der Waals surface area contributed by atoms with Crippen LogP contribution in [0.2, 0.25) is 0 Å². The number of nitrogens with zero attached hydrogens (tertiary/aromatic N) is 3. The second-order valence-electron chi connectivity index (χ2n) is 7.72. The van der Waals surface area contributed by atoms with Crippen LogP contribution in [-0.2, 0) is 6.54 Å². The number of imidazole rings is 1. The lowest BCUT2D eigenvalue weighted by Gasteiger charge is -2.33. The van der Waals surface area contributed by atoms with Gasteiger partial charge in [-0.1, -0.05) is 24.6 Å². The average molecular weight is 352 g/mol. The molecular formula is C21H28N4O. The molecule has 2 aliphatic rings. The van der Waals surface area contributed by atoms with E-state index < -0.39 is 0 Å². The van der Waals surface area contributed by atoms with Crippen LogP contribution in [0.3, 0.4) is 0 Å². The summed E-state index contributed by atoms with van der Waals surface area (Å²) in [6.07, 6.45) is 8.05. The van der Waals surface area contributed by atoms with Crippen molar-refractivity contribution in [3.05, 3.63) is 48.0 Å². The molecule has 5 heteroatoms. The van der Waals surface area contributed by atoms with Crippen molar-refractivity contribution in [1.29, 1.82) is 0 Å². The van der Waals surface area contributed by atoms with E-state index in [4.69, 9.17) is 0 Å². The maximum atomic E-state index is 12.4. The van der Waals surface area contributed by atoms with Gasteiger partial charge in [-0.2, -0.15) is 0 Å². The fraction of sp³-hybridized carbons (Fsp3) is 0.524. The molecule has 2 amide bonds. The van der Waals surface area contributed by atoms with E-state index in [1.54, 1.807) is 0 Å². The summed E-state index contributed by atoms with van der Waals surface area (Å²) in [5.41, 5.74) is 2.13. The highest BCUT2D eigenvalue weighted by atomic mass is 16.2. The maximum Gasteiger partial charge on any atom is 0.321 e. The summed E-state index contributed by atoms with van der Waals surface area (Å²) in [7, 11) is 0. The minimum absolute atomic E-state index is 0.0172. The minimum Gasteiger partial charge on any atom is -0.332 e. The van der Waals surface area contributed by atoms with Gasteiger partial charge in [-0.25, -0.2) is 9.78 Å². The first-order chi connectivity index (χ1) is 12.7. The highest BCUT2D eigenvalue weighted by Crippen LogP contribution is 2.36. The van der Waals surface area contributed by atoms with E-state index in [0.29, 0.717) is 11.8 Å². The SMILES string of the molecule is Cc1cnc(C2CCC2)n1CC1CCN(C(=O)Nc2ccccc2)CC1. The number of nitrogens with one attached hydrogen (secondary N) is 1. The van der Waals surface area contributed by atoms with Gasteiger partial charge in [0.15, 0.2) is 0 Å². The number of hydrogen-bond acceptors (Lipinski definition) is 2. The number of para-hydroxylation sites is 1. The molecule has 1 aromatic carbocycles. The number of amides is 2. The molecule has 138 valence electrons. The van der Waals surface area contributed by atoms with E-state index >= 15 is 0 Å². The predicted octanol–water partition coefficient (Wildman–Crippen LogP) is 4.40. The fourth-order valence-electron chi connectivity index (χ4n) is 4.01. The number of hydrogen-bond donors (Lipinski definition) is 1. The molecule has 5 nitrogen and oxygen atoms in total. The van der Waals surface area contributed by atoms with Crippen LogP contribution in [0.5, 0.6) is 0 Å². The second-order valence-corrected chi connectivity index (χ2v) is 7.72. The molecular weight excluding hydrogens is 324 g/mol. The average Bonchev–Trinajstić information content (AvgIpc) is 2.96. The fourth-order valence-corrected chi connectivity index (χ4v) is 4.01. The number of rotatable bonds is 4. The lowest BCUT2D eigenvalue weighted by molar-refractivity contribution is 0.175. The number of urea groups is 1. The first kappa shape index (κ1) is 17.1. The summed E-state index contributed by atoms with van der Waals surface area (Å²) in [6, 6.07) is 9.70. The Kier molecular flexibility index (Phi) is 4.96. The number of carbonyl (C=O) groups is 1. The van der Waals surface area contributed by atoms with Gasteiger partial charge in [0.25, 0.3) is 0 Å². The van der Waals surface area contributed by atoms with E-state index in [2.05, 4.69) is 21.8 Å². The molecule has 4 rings (SSSR count). The minimum atomic E-state index is 0.0172. The molecule has 1 aliphatic heterocycles. The van der Waals surface area contributed by atoms with Crippen molar-refractivity contribution in [3.8, 4) is 0 Å². The van der Waals surface area contributed by atoms with Gasteiger partial charge >= 0.3 is 6.03 Å². The quantitative estimate of drug-likeness (QED) is 0.886. The summed E-state index contributed by atoms with van der Waals surface area (Å²) in [5, 5.41) is 2.99. The number of benzene rings is 1. The molecule has 1 saturated heterocycles. The molecule has 2 fully saturated rings. The summed E-state index contributed by atoms with van der Waals surface area (Å²) < 4.78 is 2.44. The third-order valence-corrected chi connectivity index (χ3v) is 5.92. The Morgan fingerprint density at radius 2 is 1.88 bits per heavy atom. The van der Waals surface area contributed by atoms with Crippen molar-refractivity contribution in [2.75, 3.05) is 18.4 Å². The van der Waals surface area contributed by atoms with Crippen LogP contribution >= 0.6 is 0 Å². The Labute approximate surface area is 155 Å². The first-order valence-corrected chi connectivity index (χ1v) is 9.83. The lowest BCUT2D eigenvalue weighted by Crippen LogP contribution is -2.41. The van der Waals surface area contributed by atoms with Gasteiger partial charge in [0.1, 0.15) is 5.82 Å². The molecule has 1 aliphatic carbocycles. The van der Waals surface area contributed by atoms with Crippen molar-refractivity contribution < 1.29 is 4.79 Å². The van der Waals surface area contributed by atoms with Crippen LogP contribution in [0.4, 0.5) is 10.5 Å². The van der Waals surface area contributed by atoms with Gasteiger partial charge in [0, 0.05) is 43.1 Å². The highest BCUT2D eigenvalue weighted by molar-refractivity contribution is 5.89. The smallest absolute Gasteiger partial charge is 0.321 e. The van der Waals surface area contributed by atoms with Crippen molar-refractivity contribution in [1.82, 2.24) is 14.5 Å². The molecule has 0 atom stereocenters. The Bertz CT molecular complexity index is 743. The topological polar surface area (TPSA) is 50.2 Å². The molecule has 0 bridgehead atoms.